The first kappa shape index (κ1) is 17.1. The Labute approximate surface area is 154 Å². The molecule has 0 spiro atoms. The van der Waals surface area contributed by atoms with Gasteiger partial charge in [0.05, 0.1) is 6.20 Å². The molecule has 0 saturated carbocycles. The van der Waals surface area contributed by atoms with Gasteiger partial charge in [-0.2, -0.15) is 0 Å². The maximum atomic E-state index is 13.0. The third-order valence-corrected chi connectivity index (χ3v) is 6.99. The minimum absolute atomic E-state index is 0.118. The van der Waals surface area contributed by atoms with Crippen LogP contribution in [0.5, 0.6) is 5.75 Å². The highest BCUT2D eigenvalue weighted by Crippen LogP contribution is 2.29. The van der Waals surface area contributed by atoms with Crippen molar-refractivity contribution in [2.75, 3.05) is 6.54 Å². The van der Waals surface area contributed by atoms with Crippen LogP contribution in [0.2, 0.25) is 0 Å². The number of thiazole rings is 1. The molecule has 1 aliphatic rings. The number of halogens is 1. The van der Waals surface area contributed by atoms with Crippen molar-refractivity contribution in [1.82, 2.24) is 9.71 Å². The number of rotatable bonds is 5. The molecule has 2 heterocycles. The van der Waals surface area contributed by atoms with E-state index in [2.05, 4.69) is 9.71 Å². The molecule has 0 radical (unpaired) electrons. The fourth-order valence-electron chi connectivity index (χ4n) is 2.75. The lowest BCUT2D eigenvalue weighted by molar-refractivity contribution is 0.236. The van der Waals surface area contributed by atoms with Crippen molar-refractivity contribution in [3.63, 3.8) is 0 Å². The molecule has 26 heavy (non-hydrogen) atoms. The fraction of sp³-hybridized carbons (Fsp3) is 0.167. The summed E-state index contributed by atoms with van der Waals surface area (Å²) in [5, 5.41) is 0.523. The number of hydrogen-bond donors (Lipinski definition) is 1. The molecule has 1 unspecified atom stereocenters. The average molecular weight is 390 g/mol. The van der Waals surface area contributed by atoms with Crippen LogP contribution in [0.3, 0.4) is 0 Å². The van der Waals surface area contributed by atoms with Crippen molar-refractivity contribution in [3.05, 3.63) is 66.1 Å². The van der Waals surface area contributed by atoms with Gasteiger partial charge in [-0.1, -0.05) is 18.2 Å². The highest BCUT2D eigenvalue weighted by atomic mass is 32.2. The maximum Gasteiger partial charge on any atom is 0.251 e. The zero-order chi connectivity index (χ0) is 18.1. The molecule has 1 aromatic heterocycles. The lowest BCUT2D eigenvalue weighted by atomic mass is 10.1. The molecule has 0 aliphatic carbocycles. The van der Waals surface area contributed by atoms with E-state index in [0.29, 0.717) is 17.0 Å². The molecule has 3 aromatic rings. The number of para-hydroxylation sites is 1. The van der Waals surface area contributed by atoms with Crippen molar-refractivity contribution < 1.29 is 17.5 Å². The van der Waals surface area contributed by atoms with Crippen LogP contribution in [0.4, 0.5) is 4.39 Å². The Bertz CT molecular complexity index is 1010. The van der Waals surface area contributed by atoms with Crippen molar-refractivity contribution in [3.8, 4) is 16.3 Å². The van der Waals surface area contributed by atoms with E-state index in [1.807, 2.05) is 24.3 Å². The van der Waals surface area contributed by atoms with Gasteiger partial charge in [-0.3, -0.25) is 0 Å². The highest BCUT2D eigenvalue weighted by Gasteiger charge is 2.25. The smallest absolute Gasteiger partial charge is 0.251 e. The molecular weight excluding hydrogens is 375 g/mol. The minimum Gasteiger partial charge on any atom is -0.488 e. The second kappa shape index (κ2) is 6.79. The van der Waals surface area contributed by atoms with E-state index in [4.69, 9.17) is 4.74 Å². The Morgan fingerprint density at radius 3 is 2.73 bits per heavy atom. The predicted octanol–water partition coefficient (Wildman–Crippen LogP) is 3.23. The fourth-order valence-corrected chi connectivity index (χ4v) is 5.00. The summed E-state index contributed by atoms with van der Waals surface area (Å²) >= 11 is 1.04. The number of benzene rings is 2. The molecule has 1 N–H and O–H groups in total. The molecule has 0 saturated heterocycles. The molecule has 4 rings (SSSR count). The first-order chi connectivity index (χ1) is 12.5. The molecule has 2 aromatic carbocycles. The zero-order valence-corrected chi connectivity index (χ0v) is 15.2. The number of nitrogens with zero attached hydrogens (tertiary/aromatic N) is 1. The number of sulfonamides is 1. The molecule has 1 atom stereocenters. The van der Waals surface area contributed by atoms with Gasteiger partial charge in [-0.25, -0.2) is 22.5 Å². The SMILES string of the molecule is O=S(=O)(NCC1Cc2ccccc2O1)c1cnc(-c2ccc(F)cc2)s1. The van der Waals surface area contributed by atoms with Gasteiger partial charge in [-0.15, -0.1) is 11.3 Å². The first-order valence-corrected chi connectivity index (χ1v) is 10.3. The number of hydrogen-bond acceptors (Lipinski definition) is 5. The summed E-state index contributed by atoms with van der Waals surface area (Å²) in [6.45, 7) is 0.181. The largest absolute Gasteiger partial charge is 0.488 e. The molecule has 1 aliphatic heterocycles. The van der Waals surface area contributed by atoms with Crippen LogP contribution in [0.1, 0.15) is 5.56 Å². The van der Waals surface area contributed by atoms with E-state index < -0.39 is 10.0 Å². The highest BCUT2D eigenvalue weighted by molar-refractivity contribution is 7.91. The Morgan fingerprint density at radius 2 is 1.96 bits per heavy atom. The molecular formula is C18H15FN2O3S2. The van der Waals surface area contributed by atoms with Crippen molar-refractivity contribution in [1.29, 1.82) is 0 Å². The number of nitrogens with one attached hydrogen (secondary N) is 1. The van der Waals surface area contributed by atoms with Crippen LogP contribution in [0, 0.1) is 5.82 Å². The van der Waals surface area contributed by atoms with Gasteiger partial charge in [0.15, 0.2) is 4.21 Å². The second-order valence-electron chi connectivity index (χ2n) is 5.89. The normalized spacial score (nSPS) is 16.3. The van der Waals surface area contributed by atoms with E-state index in [0.717, 1.165) is 22.6 Å². The zero-order valence-electron chi connectivity index (χ0n) is 13.6. The van der Waals surface area contributed by atoms with E-state index in [1.165, 1.54) is 18.3 Å². The monoisotopic (exact) mass is 390 g/mol. The molecule has 8 heteroatoms. The quantitative estimate of drug-likeness (QED) is 0.726. The Kier molecular flexibility index (Phi) is 4.47. The first-order valence-electron chi connectivity index (χ1n) is 7.97. The number of fused-ring (bicyclic) bond motifs is 1. The average Bonchev–Trinajstić information content (AvgIpc) is 3.28. The van der Waals surface area contributed by atoms with E-state index in [-0.39, 0.29) is 22.7 Å². The van der Waals surface area contributed by atoms with Crippen LogP contribution >= 0.6 is 11.3 Å². The van der Waals surface area contributed by atoms with Crippen molar-refractivity contribution in [2.45, 2.75) is 16.7 Å². The Balaban J connectivity index is 1.44. The van der Waals surface area contributed by atoms with E-state index in [9.17, 15) is 12.8 Å². The lowest BCUT2D eigenvalue weighted by Gasteiger charge is -2.11. The van der Waals surface area contributed by atoms with Crippen LogP contribution in [-0.4, -0.2) is 26.1 Å². The number of aromatic nitrogens is 1. The lowest BCUT2D eigenvalue weighted by Crippen LogP contribution is -2.34. The summed E-state index contributed by atoms with van der Waals surface area (Å²) in [6.07, 6.45) is 1.75. The van der Waals surface area contributed by atoms with E-state index >= 15 is 0 Å². The maximum absolute atomic E-state index is 13.0. The topological polar surface area (TPSA) is 68.3 Å². The van der Waals surface area contributed by atoms with Gasteiger partial charge in [0, 0.05) is 18.5 Å². The summed E-state index contributed by atoms with van der Waals surface area (Å²) < 4.78 is 46.5. The van der Waals surface area contributed by atoms with Gasteiger partial charge in [0.25, 0.3) is 10.0 Å². The van der Waals surface area contributed by atoms with Gasteiger partial charge < -0.3 is 4.74 Å². The third-order valence-electron chi connectivity index (χ3n) is 4.06. The van der Waals surface area contributed by atoms with Gasteiger partial charge in [0.1, 0.15) is 22.7 Å². The Hall–Kier alpha value is -2.29. The molecule has 134 valence electrons. The van der Waals surface area contributed by atoms with Gasteiger partial charge in [-0.05, 0) is 35.9 Å². The third kappa shape index (κ3) is 3.48. The minimum atomic E-state index is -3.68. The van der Waals surface area contributed by atoms with Crippen LogP contribution in [-0.2, 0) is 16.4 Å². The summed E-state index contributed by atoms with van der Waals surface area (Å²) in [7, 11) is -3.68. The van der Waals surface area contributed by atoms with Crippen molar-refractivity contribution >= 4 is 21.4 Å². The van der Waals surface area contributed by atoms with Gasteiger partial charge >= 0.3 is 0 Å². The summed E-state index contributed by atoms with van der Waals surface area (Å²) in [4.78, 5) is 4.14. The summed E-state index contributed by atoms with van der Waals surface area (Å²) in [5.41, 5.74) is 1.75. The number of ether oxygens (including phenoxy) is 1. The Morgan fingerprint density at radius 1 is 1.19 bits per heavy atom. The molecule has 0 amide bonds. The molecule has 0 fully saturated rings. The standard InChI is InChI=1S/C18H15FN2O3S2/c19-14-7-5-12(6-8-14)18-20-11-17(25-18)26(22,23)21-10-15-9-13-3-1-2-4-16(13)24-15/h1-8,11,15,21H,9-10H2. The predicted molar refractivity (Wildman–Crippen MR) is 97.3 cm³/mol. The summed E-state index contributed by atoms with van der Waals surface area (Å²) in [5.74, 6) is 0.450. The van der Waals surface area contributed by atoms with Crippen LogP contribution in [0.25, 0.3) is 10.6 Å². The summed E-state index contributed by atoms with van der Waals surface area (Å²) in [6, 6.07) is 13.5. The molecule has 0 bridgehead atoms. The van der Waals surface area contributed by atoms with Crippen molar-refractivity contribution in [2.24, 2.45) is 0 Å². The second-order valence-corrected chi connectivity index (χ2v) is 8.92. The molecule has 5 nitrogen and oxygen atoms in total. The van der Waals surface area contributed by atoms with Gasteiger partial charge in [0.2, 0.25) is 0 Å². The van der Waals surface area contributed by atoms with Crippen LogP contribution in [0.15, 0.2) is 58.9 Å². The van der Waals surface area contributed by atoms with Crippen LogP contribution < -0.4 is 9.46 Å². The van der Waals surface area contributed by atoms with E-state index in [1.54, 1.807) is 12.1 Å².